The standard InChI is InChI=1S/C11H6BrCl3N2/c12-9-10(14)16-8(17-11(9)15)5-6-1-3-7(13)4-2-6/h1-4H,5H2. The predicted molar refractivity (Wildman–Crippen MR) is 74.0 cm³/mol. The molecule has 0 aliphatic rings. The van der Waals surface area contributed by atoms with E-state index < -0.39 is 0 Å². The van der Waals surface area contributed by atoms with Crippen LogP contribution in [0.2, 0.25) is 15.3 Å². The van der Waals surface area contributed by atoms with E-state index >= 15 is 0 Å². The van der Waals surface area contributed by atoms with Crippen LogP contribution >= 0.6 is 50.7 Å². The van der Waals surface area contributed by atoms with Gasteiger partial charge in [-0.05, 0) is 33.6 Å². The summed E-state index contributed by atoms with van der Waals surface area (Å²) in [5.74, 6) is 0.575. The molecule has 2 nitrogen and oxygen atoms in total. The van der Waals surface area contributed by atoms with Gasteiger partial charge in [-0.3, -0.25) is 0 Å². The first-order chi connectivity index (χ1) is 8.06. The number of aromatic nitrogens is 2. The molecular weight excluding hydrogens is 346 g/mol. The van der Waals surface area contributed by atoms with Crippen molar-refractivity contribution in [1.29, 1.82) is 0 Å². The van der Waals surface area contributed by atoms with E-state index in [1.807, 2.05) is 24.3 Å². The average molecular weight is 352 g/mol. The quantitative estimate of drug-likeness (QED) is 0.726. The van der Waals surface area contributed by atoms with E-state index in [0.29, 0.717) is 32.0 Å². The number of halogens is 4. The topological polar surface area (TPSA) is 25.8 Å². The van der Waals surface area contributed by atoms with Gasteiger partial charge in [0.25, 0.3) is 0 Å². The van der Waals surface area contributed by atoms with Gasteiger partial charge < -0.3 is 0 Å². The van der Waals surface area contributed by atoms with Gasteiger partial charge in [0, 0.05) is 11.4 Å². The molecule has 1 aromatic carbocycles. The highest BCUT2D eigenvalue weighted by Crippen LogP contribution is 2.27. The van der Waals surface area contributed by atoms with E-state index in [1.54, 1.807) is 0 Å². The summed E-state index contributed by atoms with van der Waals surface area (Å²) in [6, 6.07) is 7.46. The van der Waals surface area contributed by atoms with Crippen LogP contribution in [0.3, 0.4) is 0 Å². The molecule has 0 saturated heterocycles. The second kappa shape index (κ2) is 5.53. The van der Waals surface area contributed by atoms with Gasteiger partial charge >= 0.3 is 0 Å². The molecule has 0 N–H and O–H groups in total. The van der Waals surface area contributed by atoms with Crippen LogP contribution in [0.1, 0.15) is 11.4 Å². The van der Waals surface area contributed by atoms with Crippen LogP contribution in [-0.2, 0) is 6.42 Å². The molecule has 2 rings (SSSR count). The third-order valence-electron chi connectivity index (χ3n) is 2.09. The maximum atomic E-state index is 5.91. The van der Waals surface area contributed by atoms with Crippen molar-refractivity contribution in [2.45, 2.75) is 6.42 Å². The van der Waals surface area contributed by atoms with Crippen LogP contribution < -0.4 is 0 Å². The fraction of sp³-hybridized carbons (Fsp3) is 0.0909. The lowest BCUT2D eigenvalue weighted by Gasteiger charge is -2.04. The van der Waals surface area contributed by atoms with Crippen LogP contribution in [0.4, 0.5) is 0 Å². The Hall–Kier alpha value is -0.350. The van der Waals surface area contributed by atoms with Gasteiger partial charge in [-0.1, -0.05) is 46.9 Å². The first kappa shape index (κ1) is 13.1. The lowest BCUT2D eigenvalue weighted by molar-refractivity contribution is 0.962. The lowest BCUT2D eigenvalue weighted by atomic mass is 10.1. The van der Waals surface area contributed by atoms with Gasteiger partial charge in [0.05, 0.1) is 4.47 Å². The molecule has 1 aromatic heterocycles. The first-order valence-corrected chi connectivity index (χ1v) is 6.61. The fourth-order valence-electron chi connectivity index (χ4n) is 1.30. The summed E-state index contributed by atoms with van der Waals surface area (Å²) in [5, 5.41) is 1.32. The van der Waals surface area contributed by atoms with Gasteiger partial charge in [-0.2, -0.15) is 0 Å². The molecule has 0 aliphatic heterocycles. The van der Waals surface area contributed by atoms with Crippen molar-refractivity contribution in [2.24, 2.45) is 0 Å². The predicted octanol–water partition coefficient (Wildman–Crippen LogP) is 4.79. The zero-order valence-corrected chi connectivity index (χ0v) is 12.3. The minimum atomic E-state index is 0.314. The Bertz CT molecular complexity index is 520. The van der Waals surface area contributed by atoms with Crippen molar-refractivity contribution in [3.63, 3.8) is 0 Å². The van der Waals surface area contributed by atoms with Crippen molar-refractivity contribution < 1.29 is 0 Å². The second-order valence-corrected chi connectivity index (χ2v) is 5.28. The highest BCUT2D eigenvalue weighted by atomic mass is 79.9. The number of rotatable bonds is 2. The van der Waals surface area contributed by atoms with E-state index in [1.165, 1.54) is 0 Å². The van der Waals surface area contributed by atoms with Gasteiger partial charge in [0.2, 0.25) is 0 Å². The van der Waals surface area contributed by atoms with Crippen molar-refractivity contribution in [3.8, 4) is 0 Å². The van der Waals surface area contributed by atoms with Crippen molar-refractivity contribution in [2.75, 3.05) is 0 Å². The van der Waals surface area contributed by atoms with Gasteiger partial charge in [-0.15, -0.1) is 0 Å². The van der Waals surface area contributed by atoms with Crippen molar-refractivity contribution in [3.05, 3.63) is 55.5 Å². The molecule has 0 amide bonds. The Kier molecular flexibility index (Phi) is 4.26. The molecule has 0 aliphatic carbocycles. The number of benzene rings is 1. The highest BCUT2D eigenvalue weighted by Gasteiger charge is 2.09. The molecule has 1 heterocycles. The minimum Gasteiger partial charge on any atom is -0.220 e. The molecular formula is C11H6BrCl3N2. The SMILES string of the molecule is Clc1ccc(Cc2nc(Cl)c(Br)c(Cl)n2)cc1. The average Bonchev–Trinajstić information content (AvgIpc) is 2.29. The third-order valence-corrected chi connectivity index (χ3v) is 4.10. The van der Waals surface area contributed by atoms with E-state index in [4.69, 9.17) is 34.8 Å². The molecule has 2 aromatic rings. The van der Waals surface area contributed by atoms with Crippen molar-refractivity contribution in [1.82, 2.24) is 9.97 Å². The fourth-order valence-corrected chi connectivity index (χ4v) is 2.02. The van der Waals surface area contributed by atoms with Crippen LogP contribution in [0.25, 0.3) is 0 Å². The third kappa shape index (κ3) is 3.32. The summed E-state index contributed by atoms with van der Waals surface area (Å²) in [7, 11) is 0. The largest absolute Gasteiger partial charge is 0.220 e. The maximum Gasteiger partial charge on any atom is 0.148 e. The smallest absolute Gasteiger partial charge is 0.148 e. The normalized spacial score (nSPS) is 10.6. The summed E-state index contributed by atoms with van der Waals surface area (Å²) < 4.78 is 0.515. The Labute approximate surface area is 122 Å². The molecule has 17 heavy (non-hydrogen) atoms. The molecule has 0 saturated carbocycles. The van der Waals surface area contributed by atoms with E-state index in [2.05, 4.69) is 25.9 Å². The number of hydrogen-bond donors (Lipinski definition) is 0. The molecule has 6 heteroatoms. The van der Waals surface area contributed by atoms with Gasteiger partial charge in [-0.25, -0.2) is 9.97 Å². The zero-order valence-electron chi connectivity index (χ0n) is 8.42. The lowest BCUT2D eigenvalue weighted by Crippen LogP contribution is -1.98. The van der Waals surface area contributed by atoms with E-state index in [0.717, 1.165) is 5.56 Å². The van der Waals surface area contributed by atoms with Gasteiger partial charge in [0.15, 0.2) is 0 Å². The minimum absolute atomic E-state index is 0.314. The van der Waals surface area contributed by atoms with Crippen molar-refractivity contribution >= 4 is 50.7 Å². The van der Waals surface area contributed by atoms with Crippen LogP contribution in [-0.4, -0.2) is 9.97 Å². The highest BCUT2D eigenvalue weighted by molar-refractivity contribution is 9.10. The first-order valence-electron chi connectivity index (χ1n) is 4.68. The molecule has 0 unspecified atom stereocenters. The van der Waals surface area contributed by atoms with E-state index in [-0.39, 0.29) is 0 Å². The molecule has 0 radical (unpaired) electrons. The number of nitrogens with zero attached hydrogens (tertiary/aromatic N) is 2. The van der Waals surface area contributed by atoms with Crippen LogP contribution in [0.5, 0.6) is 0 Å². The summed E-state index contributed by atoms with van der Waals surface area (Å²) in [4.78, 5) is 8.28. The molecule has 0 spiro atoms. The molecule has 0 atom stereocenters. The Balaban J connectivity index is 2.27. The maximum absolute atomic E-state index is 5.91. The second-order valence-electron chi connectivity index (χ2n) is 3.34. The zero-order chi connectivity index (χ0) is 12.4. The summed E-state index contributed by atoms with van der Waals surface area (Å²) in [6.45, 7) is 0. The van der Waals surface area contributed by atoms with Crippen LogP contribution in [0, 0.1) is 0 Å². The Morgan fingerprint density at radius 1 is 0.941 bits per heavy atom. The van der Waals surface area contributed by atoms with Gasteiger partial charge in [0.1, 0.15) is 16.1 Å². The summed E-state index contributed by atoms with van der Waals surface area (Å²) in [6.07, 6.45) is 0.559. The number of hydrogen-bond acceptors (Lipinski definition) is 2. The molecule has 88 valence electrons. The van der Waals surface area contributed by atoms with E-state index in [9.17, 15) is 0 Å². The molecule has 0 fully saturated rings. The summed E-state index contributed by atoms with van der Waals surface area (Å²) >= 11 is 20.8. The Morgan fingerprint density at radius 3 is 2.00 bits per heavy atom. The summed E-state index contributed by atoms with van der Waals surface area (Å²) in [5.41, 5.74) is 1.05. The van der Waals surface area contributed by atoms with Crippen LogP contribution in [0.15, 0.2) is 28.7 Å². The molecule has 0 bridgehead atoms. The monoisotopic (exact) mass is 350 g/mol. The Morgan fingerprint density at radius 2 is 1.47 bits per heavy atom.